The summed E-state index contributed by atoms with van der Waals surface area (Å²) in [5.74, 6) is 5.95. The maximum atomic E-state index is 12.1. The molecule has 2 amide bonds. The van der Waals surface area contributed by atoms with Gasteiger partial charge in [-0.3, -0.25) is 14.5 Å². The molecule has 3 rings (SSSR count). The van der Waals surface area contributed by atoms with E-state index in [9.17, 15) is 9.59 Å². The zero-order valence-corrected chi connectivity index (χ0v) is 9.14. The Kier molecular flexibility index (Phi) is 1.94. The van der Waals surface area contributed by atoms with Gasteiger partial charge in [0.15, 0.2) is 0 Å². The van der Waals surface area contributed by atoms with Crippen LogP contribution in [0, 0.1) is 35.5 Å². The predicted molar refractivity (Wildman–Crippen MR) is 57.9 cm³/mol. The van der Waals surface area contributed by atoms with Gasteiger partial charge in [-0.15, -0.1) is 5.92 Å². The third-order valence-corrected chi connectivity index (χ3v) is 3.98. The van der Waals surface area contributed by atoms with Gasteiger partial charge in [-0.05, 0) is 25.2 Å². The van der Waals surface area contributed by atoms with E-state index in [0.29, 0.717) is 11.8 Å². The molecule has 3 nitrogen and oxygen atoms in total. The zero-order valence-electron chi connectivity index (χ0n) is 9.14. The van der Waals surface area contributed by atoms with Crippen molar-refractivity contribution in [2.24, 2.45) is 23.7 Å². The standard InChI is InChI=1S/C13H13NO2/c1-2-3-6-14-12(15)10-8-4-5-9(7-8)11(10)13(14)16/h4-5,8-11H,6-7H2,1H3/t8?,9?,10-,11+. The topological polar surface area (TPSA) is 37.4 Å². The molecule has 0 aromatic carbocycles. The first-order chi connectivity index (χ1) is 7.74. The number of carbonyl (C=O) groups excluding carboxylic acids is 2. The zero-order chi connectivity index (χ0) is 11.3. The molecule has 1 saturated carbocycles. The first-order valence-corrected chi connectivity index (χ1v) is 5.67. The average Bonchev–Trinajstić information content (AvgIpc) is 2.92. The minimum Gasteiger partial charge on any atom is -0.274 e. The van der Waals surface area contributed by atoms with E-state index in [4.69, 9.17) is 0 Å². The molecule has 1 heterocycles. The van der Waals surface area contributed by atoms with E-state index in [2.05, 4.69) is 24.0 Å². The Morgan fingerprint density at radius 1 is 1.25 bits per heavy atom. The molecule has 2 fully saturated rings. The molecule has 0 aromatic heterocycles. The van der Waals surface area contributed by atoms with Crippen LogP contribution in [0.25, 0.3) is 0 Å². The average molecular weight is 215 g/mol. The van der Waals surface area contributed by atoms with Gasteiger partial charge in [0.05, 0.1) is 18.4 Å². The van der Waals surface area contributed by atoms with Gasteiger partial charge < -0.3 is 0 Å². The number of allylic oxidation sites excluding steroid dienone is 2. The van der Waals surface area contributed by atoms with Crippen molar-refractivity contribution in [2.45, 2.75) is 13.3 Å². The second-order valence-corrected chi connectivity index (χ2v) is 4.69. The minimum atomic E-state index is -0.0823. The molecule has 0 N–H and O–H groups in total. The van der Waals surface area contributed by atoms with Crippen molar-refractivity contribution >= 4 is 11.8 Å². The fourth-order valence-corrected chi connectivity index (χ4v) is 3.28. The molecule has 0 spiro atoms. The Labute approximate surface area is 94.5 Å². The van der Waals surface area contributed by atoms with Crippen LogP contribution in [-0.4, -0.2) is 23.3 Å². The van der Waals surface area contributed by atoms with Crippen molar-refractivity contribution in [3.8, 4) is 11.8 Å². The van der Waals surface area contributed by atoms with E-state index in [-0.39, 0.29) is 30.2 Å². The Morgan fingerprint density at radius 2 is 1.81 bits per heavy atom. The van der Waals surface area contributed by atoms with Crippen LogP contribution in [-0.2, 0) is 9.59 Å². The van der Waals surface area contributed by atoms with Crippen LogP contribution in [0.3, 0.4) is 0 Å². The maximum absolute atomic E-state index is 12.1. The van der Waals surface area contributed by atoms with E-state index in [1.54, 1.807) is 6.92 Å². The van der Waals surface area contributed by atoms with Crippen molar-refractivity contribution in [3.05, 3.63) is 12.2 Å². The normalized spacial score (nSPS) is 38.9. The lowest BCUT2D eigenvalue weighted by atomic mass is 9.85. The number of fused-ring (bicyclic) bond motifs is 5. The van der Waals surface area contributed by atoms with Gasteiger partial charge in [0.1, 0.15) is 0 Å². The Morgan fingerprint density at radius 3 is 2.31 bits per heavy atom. The number of hydrogen-bond donors (Lipinski definition) is 0. The molecule has 1 saturated heterocycles. The van der Waals surface area contributed by atoms with Crippen LogP contribution >= 0.6 is 0 Å². The molecule has 2 unspecified atom stereocenters. The summed E-state index contributed by atoms with van der Waals surface area (Å²) >= 11 is 0. The summed E-state index contributed by atoms with van der Waals surface area (Å²) in [6.45, 7) is 1.98. The smallest absolute Gasteiger partial charge is 0.234 e. The molecule has 4 atom stereocenters. The van der Waals surface area contributed by atoms with Crippen molar-refractivity contribution in [3.63, 3.8) is 0 Å². The fraction of sp³-hybridized carbons (Fsp3) is 0.538. The van der Waals surface area contributed by atoms with Crippen molar-refractivity contribution in [1.82, 2.24) is 4.90 Å². The highest BCUT2D eigenvalue weighted by molar-refractivity contribution is 6.06. The van der Waals surface area contributed by atoms with Crippen LogP contribution < -0.4 is 0 Å². The monoisotopic (exact) mass is 215 g/mol. The summed E-state index contributed by atoms with van der Waals surface area (Å²) in [6.07, 6.45) is 5.19. The van der Waals surface area contributed by atoms with Crippen LogP contribution in [0.1, 0.15) is 13.3 Å². The van der Waals surface area contributed by atoms with Crippen molar-refractivity contribution < 1.29 is 9.59 Å². The molecule has 82 valence electrons. The number of hydrogen-bond acceptors (Lipinski definition) is 2. The van der Waals surface area contributed by atoms with Crippen molar-refractivity contribution in [1.29, 1.82) is 0 Å². The quantitative estimate of drug-likeness (QED) is 0.369. The molecule has 0 aromatic rings. The number of likely N-dealkylation sites (tertiary alicyclic amines) is 1. The Bertz CT molecular complexity index is 424. The summed E-state index contributed by atoms with van der Waals surface area (Å²) in [5.41, 5.74) is 0. The lowest BCUT2D eigenvalue weighted by Crippen LogP contribution is -2.33. The third-order valence-electron chi connectivity index (χ3n) is 3.98. The molecule has 3 heteroatoms. The Hall–Kier alpha value is -1.56. The molecule has 0 radical (unpaired) electrons. The Balaban J connectivity index is 1.90. The SMILES string of the molecule is CC#CCN1C(=O)[C@@H]2C3C=CC(C3)[C@@H]2C1=O. The molecule has 2 bridgehead atoms. The molecule has 16 heavy (non-hydrogen) atoms. The lowest BCUT2D eigenvalue weighted by Gasteiger charge is -2.14. The van der Waals surface area contributed by atoms with Crippen molar-refractivity contribution in [2.75, 3.05) is 6.54 Å². The predicted octanol–water partition coefficient (Wildman–Crippen LogP) is 0.817. The summed E-state index contributed by atoms with van der Waals surface area (Å²) in [4.78, 5) is 25.5. The lowest BCUT2D eigenvalue weighted by molar-refractivity contribution is -0.139. The van der Waals surface area contributed by atoms with Crippen LogP contribution in [0.15, 0.2) is 12.2 Å². The van der Waals surface area contributed by atoms with Gasteiger partial charge >= 0.3 is 0 Å². The second-order valence-electron chi connectivity index (χ2n) is 4.69. The highest BCUT2D eigenvalue weighted by atomic mass is 16.2. The molecule has 3 aliphatic rings. The molecular weight excluding hydrogens is 202 g/mol. The maximum Gasteiger partial charge on any atom is 0.234 e. The van der Waals surface area contributed by atoms with Gasteiger partial charge in [0.2, 0.25) is 11.8 Å². The number of carbonyl (C=O) groups is 2. The van der Waals surface area contributed by atoms with E-state index in [1.807, 2.05) is 0 Å². The van der Waals surface area contributed by atoms with E-state index < -0.39 is 0 Å². The first-order valence-electron chi connectivity index (χ1n) is 5.67. The molecular formula is C13H13NO2. The van der Waals surface area contributed by atoms with Crippen LogP contribution in [0.2, 0.25) is 0 Å². The van der Waals surface area contributed by atoms with Gasteiger partial charge in [-0.1, -0.05) is 18.1 Å². The van der Waals surface area contributed by atoms with E-state index in [0.717, 1.165) is 6.42 Å². The van der Waals surface area contributed by atoms with Crippen LogP contribution in [0.5, 0.6) is 0 Å². The van der Waals surface area contributed by atoms with Gasteiger partial charge in [0, 0.05) is 0 Å². The van der Waals surface area contributed by atoms with Gasteiger partial charge in [0.25, 0.3) is 0 Å². The molecule has 2 aliphatic carbocycles. The van der Waals surface area contributed by atoms with Gasteiger partial charge in [-0.2, -0.15) is 0 Å². The molecule has 1 aliphatic heterocycles. The summed E-state index contributed by atoms with van der Waals surface area (Å²) in [7, 11) is 0. The van der Waals surface area contributed by atoms with E-state index in [1.165, 1.54) is 4.90 Å². The number of imide groups is 1. The largest absolute Gasteiger partial charge is 0.274 e. The minimum absolute atomic E-state index is 0.00500. The number of amides is 2. The highest BCUT2D eigenvalue weighted by Crippen LogP contribution is 2.52. The van der Waals surface area contributed by atoms with Gasteiger partial charge in [-0.25, -0.2) is 0 Å². The van der Waals surface area contributed by atoms with E-state index >= 15 is 0 Å². The first kappa shape index (κ1) is 9.65. The summed E-state index contributed by atoms with van der Waals surface area (Å²) in [5, 5.41) is 0. The number of nitrogens with zero attached hydrogens (tertiary/aromatic N) is 1. The fourth-order valence-electron chi connectivity index (χ4n) is 3.28. The third kappa shape index (κ3) is 1.05. The van der Waals surface area contributed by atoms with Crippen LogP contribution in [0.4, 0.5) is 0 Å². The summed E-state index contributed by atoms with van der Waals surface area (Å²) < 4.78 is 0. The highest BCUT2D eigenvalue weighted by Gasteiger charge is 2.58. The number of rotatable bonds is 1. The summed E-state index contributed by atoms with van der Waals surface area (Å²) in [6, 6.07) is 0. The second kappa shape index (κ2) is 3.21.